The maximum atomic E-state index is 11.5. The average Bonchev–Trinajstić information content (AvgIpc) is 2.69. The summed E-state index contributed by atoms with van der Waals surface area (Å²) in [5.74, 6) is 0.628. The van der Waals surface area contributed by atoms with Gasteiger partial charge in [0.2, 0.25) is 0 Å². The largest absolute Gasteiger partial charge is 0.295 e. The zero-order valence-electron chi connectivity index (χ0n) is 10.5. The third-order valence-electron chi connectivity index (χ3n) is 3.43. The van der Waals surface area contributed by atoms with E-state index in [9.17, 15) is 8.42 Å². The summed E-state index contributed by atoms with van der Waals surface area (Å²) in [6, 6.07) is 7.89. The van der Waals surface area contributed by atoms with Crippen LogP contribution in [0.15, 0.2) is 24.3 Å². The number of halogens is 1. The summed E-state index contributed by atoms with van der Waals surface area (Å²) in [4.78, 5) is 2.23. The van der Waals surface area contributed by atoms with E-state index in [0.717, 1.165) is 24.5 Å². The molecule has 18 heavy (non-hydrogen) atoms. The van der Waals surface area contributed by atoms with Gasteiger partial charge in [-0.25, -0.2) is 8.42 Å². The molecular weight excluding hydrogens is 270 g/mol. The van der Waals surface area contributed by atoms with E-state index in [0.29, 0.717) is 11.5 Å². The highest BCUT2D eigenvalue weighted by Crippen LogP contribution is 2.20. The van der Waals surface area contributed by atoms with Crippen LogP contribution in [0.5, 0.6) is 0 Å². The maximum Gasteiger partial charge on any atom is 0.151 e. The van der Waals surface area contributed by atoms with Crippen LogP contribution in [-0.2, 0) is 16.4 Å². The summed E-state index contributed by atoms with van der Waals surface area (Å²) in [6.07, 6.45) is 0.754. The zero-order chi connectivity index (χ0) is 13.2. The standard InChI is InChI=1S/C13H18ClNO2S/c1-2-15(13-7-8-18(16,17)10-13)9-11-3-5-12(14)6-4-11/h3-6,13H,2,7-10H2,1H3/t13-/m0/s1. The van der Waals surface area contributed by atoms with Gasteiger partial charge in [-0.15, -0.1) is 0 Å². The van der Waals surface area contributed by atoms with Crippen molar-refractivity contribution in [2.75, 3.05) is 18.1 Å². The van der Waals surface area contributed by atoms with Crippen molar-refractivity contribution in [2.45, 2.75) is 25.9 Å². The Morgan fingerprint density at radius 3 is 2.50 bits per heavy atom. The van der Waals surface area contributed by atoms with Crippen LogP contribution in [0.25, 0.3) is 0 Å². The van der Waals surface area contributed by atoms with Crippen LogP contribution >= 0.6 is 11.6 Å². The van der Waals surface area contributed by atoms with Crippen molar-refractivity contribution in [1.82, 2.24) is 4.90 Å². The second kappa shape index (κ2) is 5.59. The normalized spacial score (nSPS) is 22.5. The van der Waals surface area contributed by atoms with Gasteiger partial charge in [0.05, 0.1) is 11.5 Å². The number of nitrogens with zero attached hydrogens (tertiary/aromatic N) is 1. The van der Waals surface area contributed by atoms with Crippen LogP contribution in [0.1, 0.15) is 18.9 Å². The summed E-state index contributed by atoms with van der Waals surface area (Å²) >= 11 is 5.85. The number of sulfone groups is 1. The monoisotopic (exact) mass is 287 g/mol. The average molecular weight is 288 g/mol. The Morgan fingerprint density at radius 2 is 2.00 bits per heavy atom. The molecule has 1 saturated heterocycles. The van der Waals surface area contributed by atoms with Gasteiger partial charge in [-0.3, -0.25) is 4.90 Å². The Balaban J connectivity index is 2.04. The first kappa shape index (κ1) is 13.8. The van der Waals surface area contributed by atoms with Gasteiger partial charge >= 0.3 is 0 Å². The SMILES string of the molecule is CCN(Cc1ccc(Cl)cc1)[C@H]1CCS(=O)(=O)C1. The first-order valence-corrected chi connectivity index (χ1v) is 8.39. The van der Waals surface area contributed by atoms with Crippen LogP contribution in [-0.4, -0.2) is 37.4 Å². The Labute approximate surface area is 114 Å². The van der Waals surface area contributed by atoms with Crippen molar-refractivity contribution in [1.29, 1.82) is 0 Å². The quantitative estimate of drug-likeness (QED) is 0.853. The summed E-state index contributed by atoms with van der Waals surface area (Å²) in [6.45, 7) is 3.72. The number of hydrogen-bond acceptors (Lipinski definition) is 3. The van der Waals surface area contributed by atoms with Crippen molar-refractivity contribution < 1.29 is 8.42 Å². The lowest BCUT2D eigenvalue weighted by Gasteiger charge is -2.26. The van der Waals surface area contributed by atoms with Crippen molar-refractivity contribution in [3.63, 3.8) is 0 Å². The van der Waals surface area contributed by atoms with Gasteiger partial charge < -0.3 is 0 Å². The van der Waals surface area contributed by atoms with Crippen molar-refractivity contribution >= 4 is 21.4 Å². The molecular formula is C13H18ClNO2S. The molecule has 2 rings (SSSR count). The minimum atomic E-state index is -2.81. The van der Waals surface area contributed by atoms with Crippen molar-refractivity contribution in [2.24, 2.45) is 0 Å². The van der Waals surface area contributed by atoms with Gasteiger partial charge in [-0.2, -0.15) is 0 Å². The van der Waals surface area contributed by atoms with Crippen LogP contribution in [0.3, 0.4) is 0 Å². The predicted molar refractivity (Wildman–Crippen MR) is 74.6 cm³/mol. The Bertz CT molecular complexity index is 498. The van der Waals surface area contributed by atoms with Gasteiger partial charge in [0.15, 0.2) is 9.84 Å². The summed E-state index contributed by atoms with van der Waals surface area (Å²) in [5, 5.41) is 0.727. The summed E-state index contributed by atoms with van der Waals surface area (Å²) in [7, 11) is -2.81. The second-order valence-corrected chi connectivity index (χ2v) is 7.41. The molecule has 1 heterocycles. The van der Waals surface area contributed by atoms with E-state index in [2.05, 4.69) is 11.8 Å². The lowest BCUT2D eigenvalue weighted by molar-refractivity contribution is 0.215. The molecule has 0 spiro atoms. The molecule has 0 saturated carbocycles. The number of rotatable bonds is 4. The predicted octanol–water partition coefficient (Wildman–Crippen LogP) is 2.35. The molecule has 0 amide bonds. The Kier molecular flexibility index (Phi) is 4.30. The minimum Gasteiger partial charge on any atom is -0.295 e. The van der Waals surface area contributed by atoms with Gasteiger partial charge in [0.25, 0.3) is 0 Å². The molecule has 1 aliphatic heterocycles. The molecule has 100 valence electrons. The Hall–Kier alpha value is -0.580. The molecule has 0 aliphatic carbocycles. The fourth-order valence-corrected chi connectivity index (χ4v) is 4.27. The molecule has 0 N–H and O–H groups in total. The highest BCUT2D eigenvalue weighted by Gasteiger charge is 2.31. The molecule has 3 nitrogen and oxygen atoms in total. The highest BCUT2D eigenvalue weighted by molar-refractivity contribution is 7.91. The van der Waals surface area contributed by atoms with E-state index >= 15 is 0 Å². The molecule has 0 bridgehead atoms. The molecule has 0 aromatic heterocycles. The van der Waals surface area contributed by atoms with E-state index in [-0.39, 0.29) is 6.04 Å². The summed E-state index contributed by atoms with van der Waals surface area (Å²) < 4.78 is 23.0. The fourth-order valence-electron chi connectivity index (χ4n) is 2.39. The lowest BCUT2D eigenvalue weighted by Crippen LogP contribution is -2.35. The molecule has 5 heteroatoms. The zero-order valence-corrected chi connectivity index (χ0v) is 12.0. The van der Waals surface area contributed by atoms with Crippen LogP contribution in [0.4, 0.5) is 0 Å². The van der Waals surface area contributed by atoms with E-state index in [1.165, 1.54) is 5.56 Å². The number of hydrogen-bond donors (Lipinski definition) is 0. The highest BCUT2D eigenvalue weighted by atomic mass is 35.5. The van der Waals surface area contributed by atoms with Crippen molar-refractivity contribution in [3.05, 3.63) is 34.9 Å². The van der Waals surface area contributed by atoms with Gasteiger partial charge in [0.1, 0.15) is 0 Å². The fraction of sp³-hybridized carbons (Fsp3) is 0.538. The summed E-state index contributed by atoms with van der Waals surface area (Å²) in [5.41, 5.74) is 1.17. The van der Waals surface area contributed by atoms with Gasteiger partial charge in [-0.1, -0.05) is 30.7 Å². The minimum absolute atomic E-state index is 0.163. The third kappa shape index (κ3) is 3.46. The van der Waals surface area contributed by atoms with Crippen LogP contribution in [0.2, 0.25) is 5.02 Å². The van der Waals surface area contributed by atoms with E-state index in [1.54, 1.807) is 0 Å². The van der Waals surface area contributed by atoms with E-state index < -0.39 is 9.84 Å². The Morgan fingerprint density at radius 1 is 1.33 bits per heavy atom. The van der Waals surface area contributed by atoms with Crippen LogP contribution in [0, 0.1) is 0 Å². The molecule has 1 aromatic rings. The van der Waals surface area contributed by atoms with Gasteiger partial charge in [0, 0.05) is 17.6 Å². The first-order chi connectivity index (χ1) is 8.50. The third-order valence-corrected chi connectivity index (χ3v) is 5.43. The first-order valence-electron chi connectivity index (χ1n) is 6.19. The smallest absolute Gasteiger partial charge is 0.151 e. The molecule has 0 unspecified atom stereocenters. The van der Waals surface area contributed by atoms with E-state index in [4.69, 9.17) is 11.6 Å². The van der Waals surface area contributed by atoms with Crippen molar-refractivity contribution in [3.8, 4) is 0 Å². The molecule has 1 fully saturated rings. The van der Waals surface area contributed by atoms with E-state index in [1.807, 2.05) is 24.3 Å². The maximum absolute atomic E-state index is 11.5. The number of benzene rings is 1. The topological polar surface area (TPSA) is 37.4 Å². The molecule has 1 atom stereocenters. The lowest BCUT2D eigenvalue weighted by atomic mass is 10.1. The van der Waals surface area contributed by atoms with Gasteiger partial charge in [-0.05, 0) is 30.7 Å². The second-order valence-electron chi connectivity index (χ2n) is 4.75. The molecule has 1 aromatic carbocycles. The van der Waals surface area contributed by atoms with Crippen LogP contribution < -0.4 is 0 Å². The molecule has 0 radical (unpaired) electrons. The molecule has 1 aliphatic rings.